The van der Waals surface area contributed by atoms with Gasteiger partial charge in [0.2, 0.25) is 0 Å². The first-order valence-electron chi connectivity index (χ1n) is 8.33. The Morgan fingerprint density at radius 3 is 2.65 bits per heavy atom. The average molecular weight is 358 g/mol. The second kappa shape index (κ2) is 7.11. The van der Waals surface area contributed by atoms with Crippen molar-refractivity contribution in [3.63, 3.8) is 0 Å². The molecule has 0 aliphatic carbocycles. The summed E-state index contributed by atoms with van der Waals surface area (Å²) in [5, 5.41) is 0. The molecule has 7 heteroatoms. The Bertz CT molecular complexity index is 842. The highest BCUT2D eigenvalue weighted by Gasteiger charge is 2.27. The van der Waals surface area contributed by atoms with Crippen LogP contribution in [0.3, 0.4) is 0 Å². The molecule has 138 valence electrons. The van der Waals surface area contributed by atoms with E-state index in [0.29, 0.717) is 47.2 Å². The van der Waals surface area contributed by atoms with E-state index in [1.807, 2.05) is 24.3 Å². The van der Waals surface area contributed by atoms with E-state index >= 15 is 0 Å². The SMILES string of the molecule is COC(=O)c1c(C)[nH]c(C(=O)N(C)C[C@@H]2COc3ccccc3O2)c1C. The van der Waals surface area contributed by atoms with Crippen LogP contribution in [0.1, 0.15) is 32.1 Å². The Morgan fingerprint density at radius 1 is 1.27 bits per heavy atom. The molecule has 1 aromatic heterocycles. The molecule has 3 rings (SSSR count). The van der Waals surface area contributed by atoms with Crippen molar-refractivity contribution in [3.05, 3.63) is 46.8 Å². The molecule has 0 unspecified atom stereocenters. The van der Waals surface area contributed by atoms with Crippen LogP contribution in [0.5, 0.6) is 11.5 Å². The lowest BCUT2D eigenvalue weighted by atomic mass is 10.1. The van der Waals surface area contributed by atoms with Crippen LogP contribution in [0, 0.1) is 13.8 Å². The highest BCUT2D eigenvalue weighted by molar-refractivity contribution is 6.00. The number of nitrogens with one attached hydrogen (secondary N) is 1. The number of H-pyrrole nitrogens is 1. The molecule has 0 bridgehead atoms. The summed E-state index contributed by atoms with van der Waals surface area (Å²) < 4.78 is 16.4. The number of ether oxygens (including phenoxy) is 3. The first kappa shape index (κ1) is 17.8. The first-order chi connectivity index (χ1) is 12.4. The maximum absolute atomic E-state index is 12.8. The fourth-order valence-corrected chi connectivity index (χ4v) is 3.10. The smallest absolute Gasteiger partial charge is 0.339 e. The summed E-state index contributed by atoms with van der Waals surface area (Å²) in [4.78, 5) is 29.3. The molecule has 26 heavy (non-hydrogen) atoms. The maximum atomic E-state index is 12.8. The number of likely N-dealkylation sites (N-methyl/N-ethyl adjacent to an activating group) is 1. The quantitative estimate of drug-likeness (QED) is 0.849. The minimum absolute atomic E-state index is 0.219. The van der Waals surface area contributed by atoms with E-state index in [1.54, 1.807) is 25.8 Å². The first-order valence-corrected chi connectivity index (χ1v) is 8.33. The van der Waals surface area contributed by atoms with Crippen molar-refractivity contribution in [2.45, 2.75) is 20.0 Å². The number of esters is 1. The van der Waals surface area contributed by atoms with Crippen LogP contribution in [0.25, 0.3) is 0 Å². The number of hydrogen-bond donors (Lipinski definition) is 1. The maximum Gasteiger partial charge on any atom is 0.339 e. The van der Waals surface area contributed by atoms with Crippen molar-refractivity contribution >= 4 is 11.9 Å². The van der Waals surface area contributed by atoms with Gasteiger partial charge in [0, 0.05) is 12.7 Å². The average Bonchev–Trinajstić information content (AvgIpc) is 2.94. The zero-order valence-corrected chi connectivity index (χ0v) is 15.3. The Kier molecular flexibility index (Phi) is 4.88. The number of carbonyl (C=O) groups is 2. The summed E-state index contributed by atoms with van der Waals surface area (Å²) >= 11 is 0. The molecule has 0 saturated heterocycles. The van der Waals surface area contributed by atoms with Gasteiger partial charge in [-0.1, -0.05) is 12.1 Å². The van der Waals surface area contributed by atoms with Crippen molar-refractivity contribution in [2.24, 2.45) is 0 Å². The van der Waals surface area contributed by atoms with Gasteiger partial charge in [0.25, 0.3) is 5.91 Å². The third-order valence-corrected chi connectivity index (χ3v) is 4.43. The van der Waals surface area contributed by atoms with Crippen molar-refractivity contribution in [1.29, 1.82) is 0 Å². The zero-order valence-electron chi connectivity index (χ0n) is 15.3. The summed E-state index contributed by atoms with van der Waals surface area (Å²) in [5.74, 6) is 0.697. The predicted octanol–water partition coefficient (Wildman–Crippen LogP) is 2.33. The molecular formula is C19H22N2O5. The second-order valence-corrected chi connectivity index (χ2v) is 6.30. The highest BCUT2D eigenvalue weighted by Crippen LogP contribution is 2.31. The van der Waals surface area contributed by atoms with Crippen molar-refractivity contribution in [1.82, 2.24) is 9.88 Å². The number of methoxy groups -OCH3 is 1. The third-order valence-electron chi connectivity index (χ3n) is 4.43. The second-order valence-electron chi connectivity index (χ2n) is 6.30. The Labute approximate surface area is 151 Å². The van der Waals surface area contributed by atoms with E-state index in [2.05, 4.69) is 4.98 Å². The molecule has 1 aromatic carbocycles. The number of benzene rings is 1. The largest absolute Gasteiger partial charge is 0.486 e. The lowest BCUT2D eigenvalue weighted by Crippen LogP contribution is -2.42. The van der Waals surface area contributed by atoms with Crippen molar-refractivity contribution in [3.8, 4) is 11.5 Å². The lowest BCUT2D eigenvalue weighted by molar-refractivity contribution is 0.0517. The van der Waals surface area contributed by atoms with Gasteiger partial charge in [0.05, 0.1) is 19.2 Å². The van der Waals surface area contributed by atoms with Gasteiger partial charge in [-0.15, -0.1) is 0 Å². The number of aryl methyl sites for hydroxylation is 1. The van der Waals surface area contributed by atoms with Crippen LogP contribution in [0.2, 0.25) is 0 Å². The molecule has 2 heterocycles. The molecule has 0 radical (unpaired) electrons. The topological polar surface area (TPSA) is 80.9 Å². The van der Waals surface area contributed by atoms with Crippen LogP contribution >= 0.6 is 0 Å². The van der Waals surface area contributed by atoms with Gasteiger partial charge in [0.1, 0.15) is 12.3 Å². The fourth-order valence-electron chi connectivity index (χ4n) is 3.10. The van der Waals surface area contributed by atoms with Crippen LogP contribution in [-0.4, -0.2) is 55.2 Å². The third kappa shape index (κ3) is 3.24. The molecule has 1 N–H and O–H groups in total. The number of aromatic nitrogens is 1. The van der Waals surface area contributed by atoms with Gasteiger partial charge in [-0.3, -0.25) is 4.79 Å². The number of nitrogens with zero attached hydrogens (tertiary/aromatic N) is 1. The van der Waals surface area contributed by atoms with Crippen LogP contribution in [0.15, 0.2) is 24.3 Å². The Balaban J connectivity index is 1.72. The Hall–Kier alpha value is -2.96. The zero-order chi connectivity index (χ0) is 18.8. The minimum atomic E-state index is -0.460. The van der Waals surface area contributed by atoms with Gasteiger partial charge in [0.15, 0.2) is 17.6 Å². The van der Waals surface area contributed by atoms with E-state index in [9.17, 15) is 9.59 Å². The van der Waals surface area contributed by atoms with E-state index < -0.39 is 5.97 Å². The molecule has 1 amide bonds. The summed E-state index contributed by atoms with van der Waals surface area (Å²) in [5.41, 5.74) is 1.97. The van der Waals surface area contributed by atoms with E-state index in [-0.39, 0.29) is 12.0 Å². The van der Waals surface area contributed by atoms with Crippen molar-refractivity contribution < 1.29 is 23.8 Å². The van der Waals surface area contributed by atoms with Crippen molar-refractivity contribution in [2.75, 3.05) is 27.3 Å². The fraction of sp³-hybridized carbons (Fsp3) is 0.368. The number of amides is 1. The van der Waals surface area contributed by atoms with Gasteiger partial charge in [-0.25, -0.2) is 4.79 Å². The summed E-state index contributed by atoms with van der Waals surface area (Å²) in [7, 11) is 3.01. The predicted molar refractivity (Wildman–Crippen MR) is 94.9 cm³/mol. The van der Waals surface area contributed by atoms with Gasteiger partial charge in [-0.2, -0.15) is 0 Å². The summed E-state index contributed by atoms with van der Waals surface area (Å²) in [6.45, 7) is 4.20. The molecule has 2 aromatic rings. The molecular weight excluding hydrogens is 336 g/mol. The Morgan fingerprint density at radius 2 is 1.96 bits per heavy atom. The molecule has 1 aliphatic rings. The van der Waals surface area contributed by atoms with E-state index in [0.717, 1.165) is 0 Å². The number of hydrogen-bond acceptors (Lipinski definition) is 5. The number of para-hydroxylation sites is 2. The van der Waals surface area contributed by atoms with Crippen LogP contribution < -0.4 is 9.47 Å². The highest BCUT2D eigenvalue weighted by atomic mass is 16.6. The summed E-state index contributed by atoms with van der Waals surface area (Å²) in [6.07, 6.45) is -0.268. The van der Waals surface area contributed by atoms with E-state index in [1.165, 1.54) is 7.11 Å². The molecule has 1 aliphatic heterocycles. The normalized spacial score (nSPS) is 15.5. The number of carbonyl (C=O) groups excluding carboxylic acids is 2. The monoisotopic (exact) mass is 358 g/mol. The molecule has 7 nitrogen and oxygen atoms in total. The van der Waals surface area contributed by atoms with Crippen LogP contribution in [0.4, 0.5) is 0 Å². The number of aromatic amines is 1. The van der Waals surface area contributed by atoms with Gasteiger partial charge >= 0.3 is 5.97 Å². The van der Waals surface area contributed by atoms with Gasteiger partial charge in [-0.05, 0) is 31.5 Å². The lowest BCUT2D eigenvalue weighted by Gasteiger charge is -2.29. The van der Waals surface area contributed by atoms with Crippen LogP contribution in [-0.2, 0) is 4.74 Å². The molecule has 1 atom stereocenters. The molecule has 0 spiro atoms. The standard InChI is InChI=1S/C19H22N2O5/c1-11-16(19(23)24-4)12(2)20-17(11)18(22)21(3)9-13-10-25-14-7-5-6-8-15(14)26-13/h5-8,13,20H,9-10H2,1-4H3/t13-/m1/s1. The number of rotatable bonds is 4. The molecule has 0 fully saturated rings. The number of fused-ring (bicyclic) bond motifs is 1. The minimum Gasteiger partial charge on any atom is -0.486 e. The van der Waals surface area contributed by atoms with E-state index in [4.69, 9.17) is 14.2 Å². The van der Waals surface area contributed by atoms with Gasteiger partial charge < -0.3 is 24.1 Å². The summed E-state index contributed by atoms with van der Waals surface area (Å²) in [6, 6.07) is 7.44. The molecule has 0 saturated carbocycles.